The van der Waals surface area contributed by atoms with Crippen molar-refractivity contribution >= 4 is 47.1 Å². The zero-order chi connectivity index (χ0) is 41.2. The lowest BCUT2D eigenvalue weighted by Gasteiger charge is -2.32. The molecule has 17 heteroatoms. The summed E-state index contributed by atoms with van der Waals surface area (Å²) in [5.41, 5.74) is 0. The molecule has 0 aromatic carbocycles. The number of carboxylic acids is 3. The number of carbonyl (C=O) groups excluding carboxylic acids is 5. The van der Waals surface area contributed by atoms with E-state index in [2.05, 4.69) is 24.5 Å². The molecule has 55 heavy (non-hydrogen) atoms. The van der Waals surface area contributed by atoms with Crippen LogP contribution in [0.15, 0.2) is 0 Å². The van der Waals surface area contributed by atoms with E-state index in [-0.39, 0.29) is 139 Å². The van der Waals surface area contributed by atoms with Gasteiger partial charge in [-0.25, -0.2) is 0 Å². The largest absolute Gasteiger partial charge is 0.480 e. The van der Waals surface area contributed by atoms with Gasteiger partial charge in [0.15, 0.2) is 11.6 Å². The average molecular weight is 781 g/mol. The van der Waals surface area contributed by atoms with Gasteiger partial charge in [0, 0.05) is 83.5 Å². The lowest BCUT2D eigenvalue weighted by molar-refractivity contribution is -0.140. The lowest BCUT2D eigenvalue weighted by Crippen LogP contribution is -2.49. The van der Waals surface area contributed by atoms with Crippen molar-refractivity contribution in [2.45, 2.75) is 79.2 Å². The second-order valence-electron chi connectivity index (χ2n) is 15.8. The van der Waals surface area contributed by atoms with Gasteiger partial charge in [0.05, 0.1) is 38.8 Å². The van der Waals surface area contributed by atoms with E-state index in [9.17, 15) is 53.7 Å². The number of hydrogen-bond donors (Lipinski definition) is 5. The predicted octanol–water partition coefficient (Wildman–Crippen LogP) is 0.305. The molecule has 0 bridgehead atoms. The van der Waals surface area contributed by atoms with Crippen LogP contribution in [0.4, 0.5) is 0 Å². The number of rotatable bonds is 21. The maximum atomic E-state index is 13.2. The molecule has 17 nitrogen and oxygen atoms in total. The molecule has 0 spiro atoms. The molecular weight excluding hydrogens is 716 g/mol. The van der Waals surface area contributed by atoms with Gasteiger partial charge in [-0.2, -0.15) is 0 Å². The van der Waals surface area contributed by atoms with E-state index in [0.717, 1.165) is 19.3 Å². The Morgan fingerprint density at radius 2 is 1.07 bits per heavy atom. The Kier molecular flexibility index (Phi) is 20.6. The Morgan fingerprint density at radius 1 is 0.618 bits per heavy atom. The Morgan fingerprint density at radius 3 is 1.49 bits per heavy atom. The van der Waals surface area contributed by atoms with E-state index in [4.69, 9.17) is 0 Å². The highest BCUT2D eigenvalue weighted by molar-refractivity contribution is 5.94. The van der Waals surface area contributed by atoms with Crippen molar-refractivity contribution in [2.24, 2.45) is 29.6 Å². The van der Waals surface area contributed by atoms with Gasteiger partial charge < -0.3 is 26.0 Å². The smallest absolute Gasteiger partial charge is 0.317 e. The molecule has 2 aliphatic rings. The molecule has 0 radical (unpaired) electrons. The molecule has 0 aromatic heterocycles. The van der Waals surface area contributed by atoms with E-state index in [1.54, 1.807) is 26.5 Å². The molecule has 0 aromatic rings. The second-order valence-corrected chi connectivity index (χ2v) is 15.8. The summed E-state index contributed by atoms with van der Waals surface area (Å²) in [5.74, 6) is -4.95. The highest BCUT2D eigenvalue weighted by Crippen LogP contribution is 2.38. The highest BCUT2D eigenvalue weighted by Gasteiger charge is 2.38. The van der Waals surface area contributed by atoms with Crippen molar-refractivity contribution in [3.05, 3.63) is 0 Å². The van der Waals surface area contributed by atoms with Crippen molar-refractivity contribution in [2.75, 3.05) is 85.1 Å². The summed E-state index contributed by atoms with van der Waals surface area (Å²) in [5, 5.41) is 33.5. The van der Waals surface area contributed by atoms with Crippen LogP contribution in [0, 0.1) is 29.6 Å². The van der Waals surface area contributed by atoms with E-state index >= 15 is 0 Å². The summed E-state index contributed by atoms with van der Waals surface area (Å²) in [6.45, 7) is 10.4. The predicted molar refractivity (Wildman–Crippen MR) is 202 cm³/mol. The maximum absolute atomic E-state index is 13.2. The molecule has 1 heterocycles. The number of nitrogens with zero attached hydrogens (tertiary/aromatic N) is 4. The lowest BCUT2D eigenvalue weighted by atomic mass is 9.81. The number of carbonyl (C=O) groups is 8. The van der Waals surface area contributed by atoms with Crippen molar-refractivity contribution in [3.8, 4) is 0 Å². The third-order valence-corrected chi connectivity index (χ3v) is 10.7. The summed E-state index contributed by atoms with van der Waals surface area (Å²) in [6, 6.07) is -0.670. The molecular formula is C38H64N6O11. The maximum Gasteiger partial charge on any atom is 0.317 e. The molecule has 1 aliphatic carbocycles. The fraction of sp³-hybridized carbons (Fsp3) is 0.789. The van der Waals surface area contributed by atoms with Gasteiger partial charge in [-0.05, 0) is 37.5 Å². The van der Waals surface area contributed by atoms with E-state index in [1.165, 1.54) is 0 Å². The van der Waals surface area contributed by atoms with Gasteiger partial charge in [0.25, 0.3) is 0 Å². The standard InChI is InChI=1S/C38H64N6O11/c1-25(2)30-7-6-8-31(30)37(54)27(5)40-38(55)32(26(3)4)19-29(46)20-39-33(47)10-9-28(45)21-41-11-13-42(22-34(48)49)15-17-44(24-36(52)53)18-16-43(14-12-41)23-35(50)51/h25-27,30-32H,6-24H2,1-5H3,(H,39,47)(H,40,55)(H,48,49)(H,50,51)(H,52,53)/t27-,30+,31?,32+/m1/s1. The van der Waals surface area contributed by atoms with Crippen LogP contribution in [-0.2, 0) is 38.4 Å². The van der Waals surface area contributed by atoms with Gasteiger partial charge in [-0.15, -0.1) is 0 Å². The molecule has 5 N–H and O–H groups in total. The normalized spacial score (nSPS) is 20.9. The monoisotopic (exact) mass is 780 g/mol. The van der Waals surface area contributed by atoms with Crippen LogP contribution >= 0.6 is 0 Å². The number of Topliss-reactive ketones (excluding diaryl/α,β-unsaturated/α-hetero) is 3. The van der Waals surface area contributed by atoms with Crippen LogP contribution in [0.2, 0.25) is 0 Å². The number of carboxylic acid groups (broad SMARTS) is 3. The van der Waals surface area contributed by atoms with E-state index < -0.39 is 35.8 Å². The van der Waals surface area contributed by atoms with Gasteiger partial charge in [0.2, 0.25) is 11.8 Å². The van der Waals surface area contributed by atoms with Crippen LogP contribution in [0.1, 0.15) is 73.1 Å². The molecule has 1 saturated carbocycles. The van der Waals surface area contributed by atoms with Gasteiger partial charge in [0.1, 0.15) is 5.78 Å². The zero-order valence-corrected chi connectivity index (χ0v) is 33.3. The minimum atomic E-state index is -1.06. The van der Waals surface area contributed by atoms with Crippen LogP contribution in [0.3, 0.4) is 0 Å². The van der Waals surface area contributed by atoms with Crippen molar-refractivity contribution in [3.63, 3.8) is 0 Å². The van der Waals surface area contributed by atoms with Crippen molar-refractivity contribution in [1.82, 2.24) is 30.2 Å². The van der Waals surface area contributed by atoms with Gasteiger partial charge in [-0.3, -0.25) is 58.0 Å². The van der Waals surface area contributed by atoms with Gasteiger partial charge >= 0.3 is 17.9 Å². The number of hydrogen-bond acceptors (Lipinski definition) is 12. The summed E-state index contributed by atoms with van der Waals surface area (Å²) in [6.07, 6.45) is 2.38. The summed E-state index contributed by atoms with van der Waals surface area (Å²) >= 11 is 0. The Labute approximate surface area is 324 Å². The first-order valence-electron chi connectivity index (χ1n) is 19.5. The second kappa shape index (κ2) is 24.0. The van der Waals surface area contributed by atoms with Crippen LogP contribution < -0.4 is 10.6 Å². The average Bonchev–Trinajstić information content (AvgIpc) is 3.59. The topological polar surface area (TPSA) is 234 Å². The number of ketones is 3. The molecule has 2 fully saturated rings. The summed E-state index contributed by atoms with van der Waals surface area (Å²) in [4.78, 5) is 106. The third kappa shape index (κ3) is 18.1. The fourth-order valence-corrected chi connectivity index (χ4v) is 7.45. The zero-order valence-electron chi connectivity index (χ0n) is 33.3. The first-order valence-corrected chi connectivity index (χ1v) is 19.5. The van der Waals surface area contributed by atoms with Gasteiger partial charge in [-0.1, -0.05) is 34.1 Å². The van der Waals surface area contributed by atoms with Crippen molar-refractivity contribution < 1.29 is 53.7 Å². The van der Waals surface area contributed by atoms with E-state index in [1.807, 2.05) is 13.8 Å². The number of aliphatic carboxylic acids is 3. The molecule has 2 amide bonds. The Balaban J connectivity index is 1.91. The Bertz CT molecular complexity index is 1310. The first kappa shape index (κ1) is 47.4. The quantitative estimate of drug-likeness (QED) is 0.105. The third-order valence-electron chi connectivity index (χ3n) is 10.7. The minimum absolute atomic E-state index is 0.0229. The SMILES string of the molecule is CC(C)[C@@H]1CCCC1C(=O)[C@@H](C)NC(=O)[C@@H](CC(=O)CNC(=O)CCC(=O)CN1CCN(CC(=O)O)CCN(CC(=O)O)CCN(CC(=O)O)CC1)C(C)C. The summed E-state index contributed by atoms with van der Waals surface area (Å²) < 4.78 is 0. The highest BCUT2D eigenvalue weighted by atomic mass is 16.4. The molecule has 2 rings (SSSR count). The fourth-order valence-electron chi connectivity index (χ4n) is 7.45. The Hall–Kier alpha value is -3.80. The molecule has 1 aliphatic heterocycles. The molecule has 4 atom stereocenters. The van der Waals surface area contributed by atoms with Crippen LogP contribution in [-0.4, -0.2) is 173 Å². The van der Waals surface area contributed by atoms with Crippen LogP contribution in [0.25, 0.3) is 0 Å². The first-order chi connectivity index (χ1) is 25.9. The van der Waals surface area contributed by atoms with Crippen LogP contribution in [0.5, 0.6) is 0 Å². The number of nitrogens with one attached hydrogen (secondary N) is 2. The molecule has 312 valence electrons. The van der Waals surface area contributed by atoms with Crippen molar-refractivity contribution in [1.29, 1.82) is 0 Å². The molecule has 1 saturated heterocycles. The number of amides is 2. The van der Waals surface area contributed by atoms with E-state index in [0.29, 0.717) is 11.8 Å². The summed E-state index contributed by atoms with van der Waals surface area (Å²) in [7, 11) is 0. The molecule has 1 unspecified atom stereocenters. The minimum Gasteiger partial charge on any atom is -0.480 e.